The van der Waals surface area contributed by atoms with Crippen molar-refractivity contribution in [3.05, 3.63) is 108 Å². The minimum atomic E-state index is -0.910. The molecule has 0 radical (unpaired) electrons. The van der Waals surface area contributed by atoms with Gasteiger partial charge in [0.2, 0.25) is 11.8 Å². The molecule has 2 aliphatic carbocycles. The second kappa shape index (κ2) is 23.5. The first kappa shape index (κ1) is 48.8. The third-order valence-corrected chi connectivity index (χ3v) is 12.4. The van der Waals surface area contributed by atoms with Crippen molar-refractivity contribution in [1.29, 1.82) is 0 Å². The Labute approximate surface area is 385 Å². The molecule has 1 heterocycles. The zero-order valence-electron chi connectivity index (χ0n) is 39.0. The van der Waals surface area contributed by atoms with Crippen molar-refractivity contribution in [2.75, 3.05) is 19.7 Å². The summed E-state index contributed by atoms with van der Waals surface area (Å²) in [5.74, 6) is -1.44. The molecule has 3 N–H and O–H groups in total. The molecule has 6 rings (SSSR count). The lowest BCUT2D eigenvalue weighted by atomic mass is 9.94. The number of esters is 1. The maximum atomic E-state index is 14.6. The predicted molar refractivity (Wildman–Crippen MR) is 252 cm³/mol. The van der Waals surface area contributed by atoms with Crippen LogP contribution in [-0.4, -0.2) is 84.4 Å². The molecule has 3 unspecified atom stereocenters. The fourth-order valence-corrected chi connectivity index (χ4v) is 9.30. The van der Waals surface area contributed by atoms with Crippen molar-refractivity contribution in [1.82, 2.24) is 20.9 Å². The van der Waals surface area contributed by atoms with Crippen LogP contribution in [0.5, 0.6) is 0 Å². The Hall–Kier alpha value is -5.65. The van der Waals surface area contributed by atoms with Crippen LogP contribution in [0.25, 0.3) is 11.1 Å². The Morgan fingerprint density at radius 3 is 2.09 bits per heavy atom. The zero-order valence-corrected chi connectivity index (χ0v) is 39.0. The van der Waals surface area contributed by atoms with E-state index in [1.54, 1.807) is 4.90 Å². The first-order valence-electron chi connectivity index (χ1n) is 23.9. The Balaban J connectivity index is 1.07. The van der Waals surface area contributed by atoms with Crippen LogP contribution < -0.4 is 16.0 Å². The summed E-state index contributed by atoms with van der Waals surface area (Å²) in [6.07, 6.45) is 10.7. The van der Waals surface area contributed by atoms with Crippen molar-refractivity contribution >= 4 is 30.0 Å². The van der Waals surface area contributed by atoms with E-state index < -0.39 is 41.8 Å². The molecule has 1 aliphatic heterocycles. The molecule has 350 valence electrons. The molecule has 4 atom stereocenters. The van der Waals surface area contributed by atoms with Gasteiger partial charge in [0.15, 0.2) is 0 Å². The lowest BCUT2D eigenvalue weighted by Gasteiger charge is -2.30. The number of likely N-dealkylation sites (tertiary alicyclic amines) is 1. The van der Waals surface area contributed by atoms with Gasteiger partial charge in [0.05, 0.1) is 12.0 Å². The predicted octanol–water partition coefficient (Wildman–Crippen LogP) is 9.40. The first-order chi connectivity index (χ1) is 31.3. The molecule has 0 aromatic heterocycles. The second-order valence-electron chi connectivity index (χ2n) is 19.3. The number of carbonyl (C=O) groups excluding carboxylic acids is 5. The number of benzene rings is 3. The molecular formula is C53H70N4O8. The summed E-state index contributed by atoms with van der Waals surface area (Å²) in [5, 5.41) is 8.83. The molecule has 1 saturated carbocycles. The maximum absolute atomic E-state index is 14.6. The van der Waals surface area contributed by atoms with Gasteiger partial charge >= 0.3 is 18.2 Å². The summed E-state index contributed by atoms with van der Waals surface area (Å²) >= 11 is 0. The summed E-state index contributed by atoms with van der Waals surface area (Å²) in [6, 6.07) is 24.1. The third kappa shape index (κ3) is 14.4. The molecule has 3 aromatic carbocycles. The van der Waals surface area contributed by atoms with Crippen LogP contribution in [0.2, 0.25) is 0 Å². The molecule has 12 heteroatoms. The topological polar surface area (TPSA) is 152 Å². The van der Waals surface area contributed by atoms with E-state index in [0.29, 0.717) is 58.0 Å². The van der Waals surface area contributed by atoms with E-state index in [-0.39, 0.29) is 42.4 Å². The SMILES string of the molecule is CC(C)CC(/C=C/C(Cc1ccccc1)C(=O)N1CCC[C@@H]1C(=O)NC(CCCCNC(=O)OCC1c2ccccc2-c2ccccc21)C(=O)OC1CCCCC1)NC(=O)OC(C)(C)C. The quantitative estimate of drug-likeness (QED) is 0.0466. The minimum Gasteiger partial charge on any atom is -0.461 e. The van der Waals surface area contributed by atoms with Gasteiger partial charge in [-0.15, -0.1) is 0 Å². The summed E-state index contributed by atoms with van der Waals surface area (Å²) < 4.78 is 17.2. The van der Waals surface area contributed by atoms with E-state index in [9.17, 15) is 24.0 Å². The highest BCUT2D eigenvalue weighted by molar-refractivity contribution is 5.92. The second-order valence-corrected chi connectivity index (χ2v) is 19.3. The van der Waals surface area contributed by atoms with Gasteiger partial charge in [-0.05, 0) is 125 Å². The standard InChI is InChI=1S/C53H70N4O8/c1-36(2)33-39(55-52(62)65-53(3,4)5)30-29-38(34-37-19-8-6-9-20-37)49(59)57-32-18-28-47(57)48(58)56-46(50(60)64-40-21-10-7-11-22-40)27-16-17-31-54-51(61)63-35-45-43-25-14-12-23-41(43)42-24-13-15-26-44(42)45/h6,8-9,12-15,19-20,23-26,29-30,36,38-40,45-47H,7,10-11,16-18,21-22,27-28,31-35H2,1-5H3,(H,54,61)(H,55,62)(H,56,58)/b30-29+/t38?,39?,46?,47-/m1/s1. The van der Waals surface area contributed by atoms with Gasteiger partial charge in [-0.3, -0.25) is 9.59 Å². The number of alkyl carbamates (subject to hydrolysis) is 2. The number of hydrogen-bond donors (Lipinski definition) is 3. The number of fused-ring (bicyclic) bond motifs is 3. The third-order valence-electron chi connectivity index (χ3n) is 12.4. The highest BCUT2D eigenvalue weighted by Crippen LogP contribution is 2.44. The fourth-order valence-electron chi connectivity index (χ4n) is 9.30. The van der Waals surface area contributed by atoms with E-state index in [4.69, 9.17) is 14.2 Å². The Bertz CT molecular complexity index is 2050. The fraction of sp³-hybridized carbons (Fsp3) is 0.528. The van der Waals surface area contributed by atoms with Crippen LogP contribution in [-0.2, 0) is 35.0 Å². The molecule has 2 fully saturated rings. The summed E-state index contributed by atoms with van der Waals surface area (Å²) in [7, 11) is 0. The van der Waals surface area contributed by atoms with Crippen LogP contribution in [0, 0.1) is 11.8 Å². The van der Waals surface area contributed by atoms with Gasteiger partial charge in [0.25, 0.3) is 0 Å². The van der Waals surface area contributed by atoms with E-state index in [2.05, 4.69) is 54.1 Å². The zero-order chi connectivity index (χ0) is 46.3. The lowest BCUT2D eigenvalue weighted by Crippen LogP contribution is -2.52. The Morgan fingerprint density at radius 2 is 1.43 bits per heavy atom. The van der Waals surface area contributed by atoms with Crippen molar-refractivity contribution in [3.63, 3.8) is 0 Å². The molecule has 1 saturated heterocycles. The summed E-state index contributed by atoms with van der Waals surface area (Å²) in [5.41, 5.74) is 4.91. The van der Waals surface area contributed by atoms with Gasteiger partial charge in [0, 0.05) is 19.0 Å². The maximum Gasteiger partial charge on any atom is 0.408 e. The van der Waals surface area contributed by atoms with Crippen molar-refractivity contribution in [2.45, 2.75) is 147 Å². The van der Waals surface area contributed by atoms with E-state index >= 15 is 0 Å². The number of amides is 4. The van der Waals surface area contributed by atoms with Gasteiger partial charge in [0.1, 0.15) is 30.4 Å². The van der Waals surface area contributed by atoms with Crippen LogP contribution in [0.3, 0.4) is 0 Å². The highest BCUT2D eigenvalue weighted by Gasteiger charge is 2.39. The largest absolute Gasteiger partial charge is 0.461 e. The molecular weight excluding hydrogens is 821 g/mol. The minimum absolute atomic E-state index is 0.0415. The summed E-state index contributed by atoms with van der Waals surface area (Å²) in [6.45, 7) is 10.5. The lowest BCUT2D eigenvalue weighted by molar-refractivity contribution is -0.155. The average molecular weight is 891 g/mol. The molecule has 65 heavy (non-hydrogen) atoms. The van der Waals surface area contributed by atoms with Crippen molar-refractivity contribution in [3.8, 4) is 11.1 Å². The average Bonchev–Trinajstić information content (AvgIpc) is 3.90. The molecule has 4 amide bonds. The number of rotatable bonds is 19. The number of hydrogen-bond acceptors (Lipinski definition) is 8. The Kier molecular flexibility index (Phi) is 17.6. The number of carbonyl (C=O) groups is 5. The monoisotopic (exact) mass is 891 g/mol. The molecule has 12 nitrogen and oxygen atoms in total. The van der Waals surface area contributed by atoms with Gasteiger partial charge in [-0.1, -0.05) is 111 Å². The molecule has 0 bridgehead atoms. The molecule has 3 aliphatic rings. The smallest absolute Gasteiger partial charge is 0.408 e. The highest BCUT2D eigenvalue weighted by atomic mass is 16.6. The van der Waals surface area contributed by atoms with Crippen molar-refractivity contribution < 1.29 is 38.2 Å². The van der Waals surface area contributed by atoms with Crippen LogP contribution in [0.4, 0.5) is 9.59 Å². The van der Waals surface area contributed by atoms with Crippen LogP contribution in [0.15, 0.2) is 91.0 Å². The number of nitrogens with zero attached hydrogens (tertiary/aromatic N) is 1. The van der Waals surface area contributed by atoms with E-state index in [1.165, 1.54) is 0 Å². The molecule has 3 aromatic rings. The van der Waals surface area contributed by atoms with E-state index in [0.717, 1.165) is 59.9 Å². The van der Waals surface area contributed by atoms with E-state index in [1.807, 2.05) is 87.5 Å². The number of ether oxygens (including phenoxy) is 3. The normalized spacial score (nSPS) is 17.8. The van der Waals surface area contributed by atoms with Crippen molar-refractivity contribution in [2.24, 2.45) is 11.8 Å². The first-order valence-corrected chi connectivity index (χ1v) is 23.9. The number of nitrogens with one attached hydrogen (secondary N) is 3. The Morgan fingerprint density at radius 1 is 0.769 bits per heavy atom. The van der Waals surface area contributed by atoms with Crippen LogP contribution >= 0.6 is 0 Å². The van der Waals surface area contributed by atoms with Gasteiger partial charge < -0.3 is 35.1 Å². The number of unbranched alkanes of at least 4 members (excludes halogenated alkanes) is 1. The van der Waals surface area contributed by atoms with Crippen LogP contribution in [0.1, 0.15) is 128 Å². The molecule has 0 spiro atoms. The van der Waals surface area contributed by atoms with Gasteiger partial charge in [-0.2, -0.15) is 0 Å². The summed E-state index contributed by atoms with van der Waals surface area (Å²) in [4.78, 5) is 69.9. The van der Waals surface area contributed by atoms with Gasteiger partial charge in [-0.25, -0.2) is 14.4 Å².